The Morgan fingerprint density at radius 3 is 2.20 bits per heavy atom. The first-order chi connectivity index (χ1) is 9.53. The first kappa shape index (κ1) is 14.4. The normalized spacial score (nSPS) is 12.8. The fourth-order valence-corrected chi connectivity index (χ4v) is 2.51. The third kappa shape index (κ3) is 3.31. The Kier molecular flexibility index (Phi) is 4.32. The predicted molar refractivity (Wildman–Crippen MR) is 75.1 cm³/mol. The molecule has 0 amide bonds. The summed E-state index contributed by atoms with van der Waals surface area (Å²) in [5, 5.41) is 0. The predicted octanol–water partition coefficient (Wildman–Crippen LogP) is 3.70. The van der Waals surface area contributed by atoms with Gasteiger partial charge in [-0.1, -0.05) is 55.1 Å². The molecule has 0 aliphatic carbocycles. The lowest BCUT2D eigenvalue weighted by atomic mass is 10.2. The van der Waals surface area contributed by atoms with E-state index in [4.69, 9.17) is 0 Å². The van der Waals surface area contributed by atoms with Gasteiger partial charge in [0.05, 0.1) is 4.90 Å². The van der Waals surface area contributed by atoms with Crippen molar-refractivity contribution in [2.75, 3.05) is 0 Å². The Morgan fingerprint density at radius 1 is 1.05 bits per heavy atom. The molecule has 0 spiro atoms. The van der Waals surface area contributed by atoms with E-state index >= 15 is 0 Å². The minimum absolute atomic E-state index is 0.0957. The van der Waals surface area contributed by atoms with Gasteiger partial charge in [-0.05, 0) is 17.7 Å². The number of hydrogen-bond acceptors (Lipinski definition) is 3. The Balaban J connectivity index is 2.20. The van der Waals surface area contributed by atoms with Crippen LogP contribution in [-0.2, 0) is 14.3 Å². The molecule has 0 saturated heterocycles. The lowest BCUT2D eigenvalue weighted by molar-refractivity contribution is 0.0744. The maximum atomic E-state index is 13.8. The highest BCUT2D eigenvalue weighted by Crippen LogP contribution is 2.24. The first-order valence-electron chi connectivity index (χ1n) is 5.88. The van der Waals surface area contributed by atoms with Crippen LogP contribution in [0.2, 0.25) is 0 Å². The van der Waals surface area contributed by atoms with Crippen molar-refractivity contribution in [2.24, 2.45) is 0 Å². The number of alkyl halides is 1. The second-order valence-electron chi connectivity index (χ2n) is 4.05. The number of benzene rings is 2. The van der Waals surface area contributed by atoms with Crippen LogP contribution in [0.25, 0.3) is 6.08 Å². The molecular formula is C15H13FO3S. The van der Waals surface area contributed by atoms with Gasteiger partial charge in [0, 0.05) is 5.56 Å². The highest BCUT2D eigenvalue weighted by molar-refractivity contribution is 7.86. The van der Waals surface area contributed by atoms with Crippen LogP contribution >= 0.6 is 0 Å². The largest absolute Gasteiger partial charge is 0.299 e. The van der Waals surface area contributed by atoms with Crippen molar-refractivity contribution in [3.05, 3.63) is 72.3 Å². The molecule has 2 aromatic carbocycles. The maximum absolute atomic E-state index is 13.8. The van der Waals surface area contributed by atoms with Gasteiger partial charge in [0.15, 0.2) is 0 Å². The molecular weight excluding hydrogens is 279 g/mol. The molecule has 0 bridgehead atoms. The van der Waals surface area contributed by atoms with Crippen LogP contribution in [0.15, 0.2) is 66.1 Å². The molecule has 1 unspecified atom stereocenters. The Labute approximate surface area is 117 Å². The van der Waals surface area contributed by atoms with E-state index in [1.165, 1.54) is 24.3 Å². The fraction of sp³-hybridized carbons (Fsp3) is 0.0667. The molecule has 0 radical (unpaired) electrons. The van der Waals surface area contributed by atoms with Gasteiger partial charge in [0.1, 0.15) is 0 Å². The van der Waals surface area contributed by atoms with E-state index in [1.54, 1.807) is 36.4 Å². The van der Waals surface area contributed by atoms with E-state index in [1.807, 2.05) is 0 Å². The van der Waals surface area contributed by atoms with Crippen molar-refractivity contribution in [1.82, 2.24) is 0 Å². The van der Waals surface area contributed by atoms with E-state index in [0.29, 0.717) is 0 Å². The van der Waals surface area contributed by atoms with E-state index in [9.17, 15) is 12.8 Å². The number of hydrogen-bond donors (Lipinski definition) is 0. The highest BCUT2D eigenvalue weighted by atomic mass is 32.2. The molecule has 1 atom stereocenters. The monoisotopic (exact) mass is 292 g/mol. The summed E-state index contributed by atoms with van der Waals surface area (Å²) in [6, 6.07) is 13.7. The fourth-order valence-electron chi connectivity index (χ4n) is 1.60. The summed E-state index contributed by atoms with van der Waals surface area (Å²) < 4.78 is 42.3. The molecule has 5 heteroatoms. The topological polar surface area (TPSA) is 43.4 Å². The molecule has 2 rings (SSSR count). The summed E-state index contributed by atoms with van der Waals surface area (Å²) >= 11 is 0. The van der Waals surface area contributed by atoms with E-state index in [2.05, 4.69) is 10.8 Å². The summed E-state index contributed by atoms with van der Waals surface area (Å²) in [7, 11) is -4.14. The van der Waals surface area contributed by atoms with Crippen LogP contribution in [0.5, 0.6) is 0 Å². The molecule has 20 heavy (non-hydrogen) atoms. The van der Waals surface area contributed by atoms with E-state index in [-0.39, 0.29) is 10.5 Å². The molecule has 0 heterocycles. The van der Waals surface area contributed by atoms with Crippen LogP contribution < -0.4 is 0 Å². The zero-order valence-electron chi connectivity index (χ0n) is 10.6. The van der Waals surface area contributed by atoms with Gasteiger partial charge in [0.2, 0.25) is 6.36 Å². The summed E-state index contributed by atoms with van der Waals surface area (Å²) in [5.74, 6) is 0. The Hall–Kier alpha value is -1.98. The molecule has 0 aliphatic heterocycles. The standard InChI is InChI=1S/C15H13FO3S/c1-2-12-8-10-14(11-9-12)20(17,18)19-15(16)13-6-4-3-5-7-13/h2-11,15H,1H2. The lowest BCUT2D eigenvalue weighted by Gasteiger charge is -2.10. The van der Waals surface area contributed by atoms with Crippen molar-refractivity contribution >= 4 is 16.2 Å². The zero-order valence-corrected chi connectivity index (χ0v) is 11.4. The third-order valence-corrected chi connectivity index (χ3v) is 3.95. The van der Waals surface area contributed by atoms with Crippen molar-refractivity contribution in [3.8, 4) is 0 Å². The quantitative estimate of drug-likeness (QED) is 0.789. The minimum Gasteiger partial charge on any atom is -0.225 e. The van der Waals surface area contributed by atoms with Gasteiger partial charge in [0.25, 0.3) is 10.1 Å². The summed E-state index contributed by atoms with van der Waals surface area (Å²) in [6.45, 7) is 3.57. The average Bonchev–Trinajstić information content (AvgIpc) is 2.48. The summed E-state index contributed by atoms with van der Waals surface area (Å²) in [5.41, 5.74) is 0.919. The molecule has 0 N–H and O–H groups in total. The Morgan fingerprint density at radius 2 is 1.65 bits per heavy atom. The van der Waals surface area contributed by atoms with Gasteiger partial charge < -0.3 is 0 Å². The first-order valence-corrected chi connectivity index (χ1v) is 7.28. The SMILES string of the molecule is C=Cc1ccc(S(=O)(=O)OC(F)c2ccccc2)cc1. The molecule has 104 valence electrons. The van der Waals surface area contributed by atoms with Crippen LogP contribution in [0.1, 0.15) is 17.5 Å². The minimum atomic E-state index is -4.14. The van der Waals surface area contributed by atoms with Gasteiger partial charge in [-0.2, -0.15) is 8.42 Å². The van der Waals surface area contributed by atoms with Crippen LogP contribution in [0.3, 0.4) is 0 Å². The second-order valence-corrected chi connectivity index (χ2v) is 5.62. The molecule has 0 aromatic heterocycles. The van der Waals surface area contributed by atoms with Gasteiger partial charge >= 0.3 is 0 Å². The van der Waals surface area contributed by atoms with Gasteiger partial charge in [-0.25, -0.2) is 8.57 Å². The number of halogens is 1. The van der Waals surface area contributed by atoms with Gasteiger partial charge in [-0.3, -0.25) is 0 Å². The second kappa shape index (κ2) is 5.98. The summed E-state index contributed by atoms with van der Waals surface area (Å²) in [6.07, 6.45) is -0.445. The van der Waals surface area contributed by atoms with E-state index in [0.717, 1.165) is 5.56 Å². The molecule has 0 fully saturated rings. The smallest absolute Gasteiger partial charge is 0.225 e. The van der Waals surface area contributed by atoms with Crippen molar-refractivity contribution in [3.63, 3.8) is 0 Å². The lowest BCUT2D eigenvalue weighted by Crippen LogP contribution is -2.09. The van der Waals surface area contributed by atoms with Crippen LogP contribution in [0, 0.1) is 0 Å². The van der Waals surface area contributed by atoms with Crippen molar-refractivity contribution in [1.29, 1.82) is 0 Å². The van der Waals surface area contributed by atoms with E-state index < -0.39 is 16.5 Å². The molecule has 0 saturated carbocycles. The third-order valence-electron chi connectivity index (χ3n) is 2.68. The van der Waals surface area contributed by atoms with Crippen molar-refractivity contribution < 1.29 is 17.0 Å². The summed E-state index contributed by atoms with van der Waals surface area (Å²) in [4.78, 5) is -0.0957. The molecule has 2 aromatic rings. The maximum Gasteiger partial charge on any atom is 0.299 e. The zero-order chi connectivity index (χ0) is 14.6. The van der Waals surface area contributed by atoms with Gasteiger partial charge in [-0.15, -0.1) is 0 Å². The molecule has 3 nitrogen and oxygen atoms in total. The number of rotatable bonds is 5. The van der Waals surface area contributed by atoms with Crippen LogP contribution in [0.4, 0.5) is 4.39 Å². The van der Waals surface area contributed by atoms with Crippen molar-refractivity contribution in [2.45, 2.75) is 11.3 Å². The molecule has 0 aliphatic rings. The highest BCUT2D eigenvalue weighted by Gasteiger charge is 2.22. The Bertz CT molecular complexity index is 679. The average molecular weight is 292 g/mol. The van der Waals surface area contributed by atoms with Crippen LogP contribution in [-0.4, -0.2) is 8.42 Å².